The number of rotatable bonds is 6. The molecule has 0 radical (unpaired) electrons. The summed E-state index contributed by atoms with van der Waals surface area (Å²) in [5, 5.41) is 22.7. The summed E-state index contributed by atoms with van der Waals surface area (Å²) in [6.45, 7) is 4.40. The van der Waals surface area contributed by atoms with Gasteiger partial charge in [-0.25, -0.2) is 15.0 Å². The second-order valence-corrected chi connectivity index (χ2v) is 10.8. The molecule has 37 heavy (non-hydrogen) atoms. The van der Waals surface area contributed by atoms with E-state index < -0.39 is 0 Å². The fourth-order valence-electron chi connectivity index (χ4n) is 5.49. The summed E-state index contributed by atoms with van der Waals surface area (Å²) in [5.74, 6) is 3.33. The molecule has 2 aliphatic carbocycles. The van der Waals surface area contributed by atoms with E-state index in [1.165, 1.54) is 18.4 Å². The van der Waals surface area contributed by atoms with Gasteiger partial charge in [0.15, 0.2) is 0 Å². The van der Waals surface area contributed by atoms with Crippen molar-refractivity contribution in [3.8, 4) is 17.3 Å². The van der Waals surface area contributed by atoms with E-state index in [1.807, 2.05) is 0 Å². The van der Waals surface area contributed by atoms with Crippen LogP contribution >= 0.6 is 0 Å². The molecular weight excluding hydrogens is 460 g/mol. The molecule has 0 atom stereocenters. The number of pyridine rings is 2. The molecule has 3 heterocycles. The lowest BCUT2D eigenvalue weighted by atomic mass is 9.92. The maximum absolute atomic E-state index is 10.1. The van der Waals surface area contributed by atoms with E-state index in [-0.39, 0.29) is 6.10 Å². The average molecular weight is 493 g/mol. The van der Waals surface area contributed by atoms with Gasteiger partial charge in [-0.1, -0.05) is 19.9 Å². The van der Waals surface area contributed by atoms with Crippen molar-refractivity contribution in [1.29, 1.82) is 5.26 Å². The zero-order valence-electron chi connectivity index (χ0n) is 21.4. The predicted molar refractivity (Wildman–Crippen MR) is 145 cm³/mol. The summed E-state index contributed by atoms with van der Waals surface area (Å²) in [6.07, 6.45) is 7.45. The number of nitrogens with one attached hydrogen (secondary N) is 1. The minimum absolute atomic E-state index is 0.187. The van der Waals surface area contributed by atoms with Crippen molar-refractivity contribution < 1.29 is 5.11 Å². The summed E-state index contributed by atoms with van der Waals surface area (Å²) in [6, 6.07) is 16.7. The smallest absolute Gasteiger partial charge is 0.132 e. The number of anilines is 2. The summed E-state index contributed by atoms with van der Waals surface area (Å²) in [4.78, 5) is 14.4. The van der Waals surface area contributed by atoms with E-state index in [2.05, 4.69) is 65.1 Å². The Hall–Kier alpha value is -3.76. The molecule has 1 aromatic carbocycles. The second-order valence-electron chi connectivity index (χ2n) is 10.8. The molecule has 4 aromatic rings. The van der Waals surface area contributed by atoms with Crippen LogP contribution in [-0.4, -0.2) is 30.7 Å². The van der Waals surface area contributed by atoms with Crippen molar-refractivity contribution in [2.24, 2.45) is 0 Å². The van der Waals surface area contributed by atoms with Crippen molar-refractivity contribution >= 4 is 22.7 Å². The number of nitrogens with zero attached hydrogens (tertiary/aromatic N) is 5. The monoisotopic (exact) mass is 492 g/mol. The van der Waals surface area contributed by atoms with Crippen molar-refractivity contribution in [2.75, 3.05) is 5.32 Å². The quantitative estimate of drug-likeness (QED) is 0.315. The van der Waals surface area contributed by atoms with Crippen LogP contribution in [0.5, 0.6) is 0 Å². The Kier molecular flexibility index (Phi) is 6.13. The van der Waals surface area contributed by atoms with Gasteiger partial charge in [-0.05, 0) is 86.4 Å². The van der Waals surface area contributed by atoms with Crippen LogP contribution < -0.4 is 5.32 Å². The van der Waals surface area contributed by atoms with Gasteiger partial charge in [-0.2, -0.15) is 5.26 Å². The predicted octanol–water partition coefficient (Wildman–Crippen LogP) is 6.59. The van der Waals surface area contributed by atoms with Crippen LogP contribution in [0, 0.1) is 11.3 Å². The largest absolute Gasteiger partial charge is 0.393 e. The molecule has 7 nitrogen and oxygen atoms in total. The molecule has 0 unspecified atom stereocenters. The first kappa shape index (κ1) is 23.6. The summed E-state index contributed by atoms with van der Waals surface area (Å²) < 4.78 is 2.43. The lowest BCUT2D eigenvalue weighted by molar-refractivity contribution is 0.111. The highest BCUT2D eigenvalue weighted by Crippen LogP contribution is 2.42. The van der Waals surface area contributed by atoms with Gasteiger partial charge in [0.2, 0.25) is 0 Å². The molecule has 2 saturated carbocycles. The van der Waals surface area contributed by atoms with E-state index in [0.29, 0.717) is 29.3 Å². The minimum Gasteiger partial charge on any atom is -0.393 e. The number of imidazole rings is 1. The van der Waals surface area contributed by atoms with E-state index in [1.54, 1.807) is 18.3 Å². The van der Waals surface area contributed by atoms with Gasteiger partial charge in [-0.3, -0.25) is 0 Å². The van der Waals surface area contributed by atoms with Crippen molar-refractivity contribution in [1.82, 2.24) is 19.5 Å². The summed E-state index contributed by atoms with van der Waals surface area (Å²) in [5.41, 5.74) is 5.96. The maximum atomic E-state index is 10.1. The molecular formula is C30H32N6O. The number of aliphatic hydroxyl groups is 1. The third kappa shape index (κ3) is 4.82. The highest BCUT2D eigenvalue weighted by Gasteiger charge is 2.27. The second kappa shape index (κ2) is 9.60. The first-order valence-electron chi connectivity index (χ1n) is 13.3. The van der Waals surface area contributed by atoms with Crippen LogP contribution in [0.25, 0.3) is 22.3 Å². The van der Waals surface area contributed by atoms with E-state index in [4.69, 9.17) is 9.97 Å². The Morgan fingerprint density at radius 1 is 0.973 bits per heavy atom. The van der Waals surface area contributed by atoms with Crippen LogP contribution in [0.3, 0.4) is 0 Å². The zero-order chi connectivity index (χ0) is 25.5. The van der Waals surface area contributed by atoms with Crippen LogP contribution in [0.2, 0.25) is 0 Å². The topological polar surface area (TPSA) is 99.7 Å². The fraction of sp³-hybridized carbons (Fsp3) is 0.400. The minimum atomic E-state index is -0.187. The molecule has 2 aliphatic rings. The number of fused-ring (bicyclic) bond motifs is 1. The maximum Gasteiger partial charge on any atom is 0.132 e. The Morgan fingerprint density at radius 2 is 1.78 bits per heavy atom. The first-order chi connectivity index (χ1) is 18.0. The van der Waals surface area contributed by atoms with E-state index in [0.717, 1.165) is 59.6 Å². The van der Waals surface area contributed by atoms with Crippen LogP contribution in [0.15, 0.2) is 48.7 Å². The standard InChI is InChI=1S/C30H32N6O/c1-18(2)30-34-25-10-5-21(15-27(25)36(30)23-6-8-24(37)9-7-23)26-14-22(20-3-4-20)16-29(33-26)35-28-13-19(17-31)11-12-32-28/h5,10-16,18,20,23-24,37H,3-4,6-9H2,1-2H3,(H,32,33,35)/t23-,24-. The molecule has 0 spiro atoms. The lowest BCUT2D eigenvalue weighted by Gasteiger charge is -2.29. The molecule has 7 heteroatoms. The number of aromatic nitrogens is 4. The van der Waals surface area contributed by atoms with Gasteiger partial charge in [0.1, 0.15) is 17.5 Å². The average Bonchev–Trinajstić information content (AvgIpc) is 3.69. The van der Waals surface area contributed by atoms with Crippen LogP contribution in [0.4, 0.5) is 11.6 Å². The Labute approximate surface area is 217 Å². The zero-order valence-corrected chi connectivity index (χ0v) is 21.4. The molecule has 6 rings (SSSR count). The third-order valence-corrected chi connectivity index (χ3v) is 7.60. The van der Waals surface area contributed by atoms with Gasteiger partial charge in [0.25, 0.3) is 0 Å². The molecule has 188 valence electrons. The lowest BCUT2D eigenvalue weighted by Crippen LogP contribution is -2.22. The molecule has 3 aromatic heterocycles. The van der Waals surface area contributed by atoms with Gasteiger partial charge in [0, 0.05) is 23.7 Å². The first-order valence-corrected chi connectivity index (χ1v) is 13.3. The number of aliphatic hydroxyl groups excluding tert-OH is 1. The molecule has 0 saturated heterocycles. The van der Waals surface area contributed by atoms with Gasteiger partial charge < -0.3 is 15.0 Å². The highest BCUT2D eigenvalue weighted by molar-refractivity contribution is 5.83. The molecule has 2 N–H and O–H groups in total. The Bertz CT molecular complexity index is 1490. The molecule has 0 bridgehead atoms. The van der Waals surface area contributed by atoms with Gasteiger partial charge in [-0.15, -0.1) is 0 Å². The van der Waals surface area contributed by atoms with Crippen LogP contribution in [-0.2, 0) is 0 Å². The number of hydrogen-bond acceptors (Lipinski definition) is 6. The fourth-order valence-corrected chi connectivity index (χ4v) is 5.49. The highest BCUT2D eigenvalue weighted by atomic mass is 16.3. The Balaban J connectivity index is 1.42. The van der Waals surface area contributed by atoms with Crippen LogP contribution in [0.1, 0.15) is 87.2 Å². The third-order valence-electron chi connectivity index (χ3n) is 7.60. The normalized spacial score (nSPS) is 19.8. The Morgan fingerprint density at radius 3 is 2.51 bits per heavy atom. The number of benzene rings is 1. The number of nitriles is 1. The van der Waals surface area contributed by atoms with Gasteiger partial charge >= 0.3 is 0 Å². The van der Waals surface area contributed by atoms with Crippen molar-refractivity contribution in [3.05, 3.63) is 65.6 Å². The summed E-state index contributed by atoms with van der Waals surface area (Å²) >= 11 is 0. The SMILES string of the molecule is CC(C)c1nc2ccc(-c3cc(C4CC4)cc(Nc4cc(C#N)ccn4)n3)cc2n1[C@H]1CC[C@H](O)CC1. The van der Waals surface area contributed by atoms with E-state index in [9.17, 15) is 10.4 Å². The number of hydrogen-bond donors (Lipinski definition) is 2. The van der Waals surface area contributed by atoms with E-state index >= 15 is 0 Å². The summed E-state index contributed by atoms with van der Waals surface area (Å²) in [7, 11) is 0. The van der Waals surface area contributed by atoms with Crippen molar-refractivity contribution in [2.45, 2.75) is 76.4 Å². The molecule has 0 aliphatic heterocycles. The molecule has 0 amide bonds. The molecule has 2 fully saturated rings. The van der Waals surface area contributed by atoms with Gasteiger partial charge in [0.05, 0.1) is 34.5 Å². The van der Waals surface area contributed by atoms with Crippen molar-refractivity contribution in [3.63, 3.8) is 0 Å².